The second-order valence-electron chi connectivity index (χ2n) is 8.54. The van der Waals surface area contributed by atoms with Gasteiger partial charge in [0.15, 0.2) is 0 Å². The van der Waals surface area contributed by atoms with Crippen molar-refractivity contribution in [3.8, 4) is 10.6 Å². The maximum Gasteiger partial charge on any atom is 0.270 e. The number of carbonyl (C=O) groups excluding carboxylic acids is 1. The smallest absolute Gasteiger partial charge is 0.270 e. The van der Waals surface area contributed by atoms with Crippen molar-refractivity contribution in [2.45, 2.75) is 38.5 Å². The molecule has 4 aliphatic carbocycles. The molecule has 5 nitrogen and oxygen atoms in total. The molecule has 1 amide bonds. The molecule has 2 aromatic rings. The minimum Gasteiger partial charge on any atom is -0.350 e. The van der Waals surface area contributed by atoms with Gasteiger partial charge in [0.25, 0.3) is 5.91 Å². The molecule has 132 valence electrons. The predicted molar refractivity (Wildman–Crippen MR) is 97.3 cm³/mol. The third-order valence-corrected chi connectivity index (χ3v) is 7.37. The van der Waals surface area contributed by atoms with Crippen LogP contribution < -0.4 is 5.32 Å². The molecule has 2 aromatic heterocycles. The number of carbonyl (C=O) groups is 1. The summed E-state index contributed by atoms with van der Waals surface area (Å²) in [5, 5.41) is 10.1. The van der Waals surface area contributed by atoms with Crippen LogP contribution in [-0.4, -0.2) is 27.2 Å². The fourth-order valence-electron chi connectivity index (χ4n) is 5.91. The van der Waals surface area contributed by atoms with E-state index < -0.39 is 0 Å². The minimum atomic E-state index is -0.0258. The lowest BCUT2D eigenvalue weighted by molar-refractivity contribution is -0.0503. The zero-order valence-electron chi connectivity index (χ0n) is 14.6. The van der Waals surface area contributed by atoms with E-state index in [1.165, 1.54) is 49.9 Å². The number of nitrogens with one attached hydrogen (secondary N) is 1. The Hall–Kier alpha value is -1.69. The SMILES string of the molecule is Cn1cc(-c2nc(C(=O)NCC34CC5CC(CC(C5)C3)C4)cs2)cn1. The lowest BCUT2D eigenvalue weighted by Crippen LogP contribution is -2.51. The summed E-state index contributed by atoms with van der Waals surface area (Å²) in [6, 6.07) is 0. The normalized spacial score (nSPS) is 32.9. The summed E-state index contributed by atoms with van der Waals surface area (Å²) < 4.78 is 1.75. The number of hydrogen-bond donors (Lipinski definition) is 1. The molecule has 2 heterocycles. The highest BCUT2D eigenvalue weighted by Crippen LogP contribution is 2.59. The summed E-state index contributed by atoms with van der Waals surface area (Å²) in [6.07, 6.45) is 12.0. The molecule has 0 radical (unpaired) electrons. The standard InChI is InChI=1S/C19H24N4OS/c1-23-9-15(8-21-23)18-22-16(10-25-18)17(24)20-11-19-5-12-2-13(6-19)4-14(3-12)7-19/h8-10,12-14H,2-7,11H2,1H3,(H,20,24). The van der Waals surface area contributed by atoms with Crippen LogP contribution in [0.4, 0.5) is 0 Å². The van der Waals surface area contributed by atoms with Crippen LogP contribution in [0.2, 0.25) is 0 Å². The van der Waals surface area contributed by atoms with Gasteiger partial charge in [-0.3, -0.25) is 9.48 Å². The van der Waals surface area contributed by atoms with Crippen molar-refractivity contribution in [3.63, 3.8) is 0 Å². The summed E-state index contributed by atoms with van der Waals surface area (Å²) in [5.41, 5.74) is 1.87. The lowest BCUT2D eigenvalue weighted by Gasteiger charge is -2.56. The second-order valence-corrected chi connectivity index (χ2v) is 9.40. The van der Waals surface area contributed by atoms with E-state index in [4.69, 9.17) is 0 Å². The first-order chi connectivity index (χ1) is 12.1. The first kappa shape index (κ1) is 15.6. The summed E-state index contributed by atoms with van der Waals surface area (Å²) in [5.74, 6) is 2.72. The quantitative estimate of drug-likeness (QED) is 0.912. The molecule has 4 fully saturated rings. The molecule has 4 aliphatic rings. The molecule has 25 heavy (non-hydrogen) atoms. The lowest BCUT2D eigenvalue weighted by atomic mass is 9.49. The van der Waals surface area contributed by atoms with Gasteiger partial charge in [-0.1, -0.05) is 0 Å². The van der Waals surface area contributed by atoms with Crippen LogP contribution in [0.25, 0.3) is 10.6 Å². The van der Waals surface area contributed by atoms with E-state index in [0.717, 1.165) is 34.9 Å². The number of aromatic nitrogens is 3. The van der Waals surface area contributed by atoms with Gasteiger partial charge in [0.2, 0.25) is 0 Å². The largest absolute Gasteiger partial charge is 0.350 e. The van der Waals surface area contributed by atoms with Crippen molar-refractivity contribution in [3.05, 3.63) is 23.5 Å². The van der Waals surface area contributed by atoms with Gasteiger partial charge in [0.1, 0.15) is 10.7 Å². The van der Waals surface area contributed by atoms with Gasteiger partial charge in [0.05, 0.1) is 6.20 Å². The number of hydrogen-bond acceptors (Lipinski definition) is 4. The number of thiazole rings is 1. The fourth-order valence-corrected chi connectivity index (χ4v) is 6.68. The second kappa shape index (κ2) is 5.66. The fraction of sp³-hybridized carbons (Fsp3) is 0.632. The first-order valence-electron chi connectivity index (χ1n) is 9.31. The van der Waals surface area contributed by atoms with Crippen molar-refractivity contribution < 1.29 is 4.79 Å². The van der Waals surface area contributed by atoms with E-state index in [2.05, 4.69) is 15.4 Å². The topological polar surface area (TPSA) is 59.8 Å². The molecule has 4 saturated carbocycles. The van der Waals surface area contributed by atoms with E-state index in [1.54, 1.807) is 10.9 Å². The number of rotatable bonds is 4. The molecule has 0 saturated heterocycles. The van der Waals surface area contributed by atoms with Crippen LogP contribution in [0, 0.1) is 23.2 Å². The zero-order chi connectivity index (χ0) is 17.0. The van der Waals surface area contributed by atoms with E-state index in [0.29, 0.717) is 11.1 Å². The van der Waals surface area contributed by atoms with Gasteiger partial charge in [-0.2, -0.15) is 5.10 Å². The summed E-state index contributed by atoms with van der Waals surface area (Å²) >= 11 is 1.50. The monoisotopic (exact) mass is 356 g/mol. The van der Waals surface area contributed by atoms with Gasteiger partial charge < -0.3 is 5.32 Å². The highest BCUT2D eigenvalue weighted by molar-refractivity contribution is 7.13. The Labute approximate surface area is 151 Å². The van der Waals surface area contributed by atoms with E-state index >= 15 is 0 Å². The number of amides is 1. The summed E-state index contributed by atoms with van der Waals surface area (Å²) in [7, 11) is 1.89. The highest BCUT2D eigenvalue weighted by Gasteiger charge is 2.50. The first-order valence-corrected chi connectivity index (χ1v) is 10.2. The van der Waals surface area contributed by atoms with Crippen LogP contribution >= 0.6 is 11.3 Å². The summed E-state index contributed by atoms with van der Waals surface area (Å²) in [4.78, 5) is 17.1. The van der Waals surface area contributed by atoms with Crippen molar-refractivity contribution in [2.24, 2.45) is 30.2 Å². The molecule has 1 N–H and O–H groups in total. The Morgan fingerprint density at radius 2 is 1.96 bits per heavy atom. The average molecular weight is 356 g/mol. The third-order valence-electron chi connectivity index (χ3n) is 6.48. The molecule has 0 unspecified atom stereocenters. The van der Waals surface area contributed by atoms with Gasteiger partial charge in [-0.05, 0) is 61.7 Å². The van der Waals surface area contributed by atoms with Crippen molar-refractivity contribution in [1.82, 2.24) is 20.1 Å². The van der Waals surface area contributed by atoms with Crippen molar-refractivity contribution in [1.29, 1.82) is 0 Å². The molecule has 6 rings (SSSR count). The molecular weight excluding hydrogens is 332 g/mol. The molecule has 0 aromatic carbocycles. The molecule has 0 aliphatic heterocycles. The van der Waals surface area contributed by atoms with Gasteiger partial charge >= 0.3 is 0 Å². The van der Waals surface area contributed by atoms with Crippen LogP contribution in [-0.2, 0) is 7.05 Å². The van der Waals surface area contributed by atoms with Gasteiger partial charge in [-0.15, -0.1) is 11.3 Å². The number of nitrogens with zero attached hydrogens (tertiary/aromatic N) is 3. The van der Waals surface area contributed by atoms with Gasteiger partial charge in [0, 0.05) is 30.7 Å². The molecule has 6 heteroatoms. The highest BCUT2D eigenvalue weighted by atomic mass is 32.1. The van der Waals surface area contributed by atoms with Gasteiger partial charge in [-0.25, -0.2) is 4.98 Å². The predicted octanol–water partition coefficient (Wildman–Crippen LogP) is 3.49. The Bertz CT molecular complexity index is 773. The molecule has 0 spiro atoms. The minimum absolute atomic E-state index is 0.0258. The van der Waals surface area contributed by atoms with Crippen molar-refractivity contribution in [2.75, 3.05) is 6.54 Å². The Morgan fingerprint density at radius 3 is 2.56 bits per heavy atom. The number of aryl methyl sites for hydroxylation is 1. The molecule has 0 atom stereocenters. The maximum absolute atomic E-state index is 12.6. The van der Waals surface area contributed by atoms with E-state index in [1.807, 2.05) is 18.6 Å². The van der Waals surface area contributed by atoms with Crippen LogP contribution in [0.5, 0.6) is 0 Å². The zero-order valence-corrected chi connectivity index (χ0v) is 15.4. The summed E-state index contributed by atoms with van der Waals surface area (Å²) in [6.45, 7) is 0.828. The Morgan fingerprint density at radius 1 is 1.28 bits per heavy atom. The van der Waals surface area contributed by atoms with Crippen LogP contribution in [0.15, 0.2) is 17.8 Å². The Kier molecular flexibility index (Phi) is 3.52. The molecule has 4 bridgehead atoms. The van der Waals surface area contributed by atoms with Crippen LogP contribution in [0.1, 0.15) is 49.0 Å². The molecular formula is C19H24N4OS. The van der Waals surface area contributed by atoms with E-state index in [9.17, 15) is 4.79 Å². The van der Waals surface area contributed by atoms with Crippen molar-refractivity contribution >= 4 is 17.2 Å². The van der Waals surface area contributed by atoms with E-state index in [-0.39, 0.29) is 5.91 Å². The van der Waals surface area contributed by atoms with Crippen LogP contribution in [0.3, 0.4) is 0 Å². The maximum atomic E-state index is 12.6. The third kappa shape index (κ3) is 2.80. The Balaban J connectivity index is 1.26. The average Bonchev–Trinajstić information content (AvgIpc) is 3.20.